The van der Waals surface area contributed by atoms with Crippen molar-refractivity contribution in [1.82, 2.24) is 10.1 Å². The third kappa shape index (κ3) is 4.02. The molecular formula is C25H27N3O4. The molecule has 2 aromatic carbocycles. The number of ether oxygens (including phenoxy) is 2. The van der Waals surface area contributed by atoms with Crippen LogP contribution in [0.25, 0.3) is 11.3 Å². The minimum atomic E-state index is 0.0701. The van der Waals surface area contributed by atoms with E-state index in [1.54, 1.807) is 7.11 Å². The van der Waals surface area contributed by atoms with Gasteiger partial charge in [0.25, 0.3) is 0 Å². The molecule has 7 heteroatoms. The Labute approximate surface area is 187 Å². The van der Waals surface area contributed by atoms with E-state index in [-0.39, 0.29) is 18.4 Å². The predicted molar refractivity (Wildman–Crippen MR) is 121 cm³/mol. The van der Waals surface area contributed by atoms with Crippen LogP contribution >= 0.6 is 0 Å². The Balaban J connectivity index is 1.20. The highest BCUT2D eigenvalue weighted by atomic mass is 16.5. The number of rotatable bonds is 5. The monoisotopic (exact) mass is 433 g/mol. The lowest BCUT2D eigenvalue weighted by atomic mass is 10.1. The quantitative estimate of drug-likeness (QED) is 0.613. The number of aromatic nitrogens is 1. The van der Waals surface area contributed by atoms with E-state index >= 15 is 0 Å². The Bertz CT molecular complexity index is 1120. The van der Waals surface area contributed by atoms with Gasteiger partial charge in [-0.2, -0.15) is 0 Å². The lowest BCUT2D eigenvalue weighted by Gasteiger charge is -2.36. The Kier molecular flexibility index (Phi) is 5.47. The largest absolute Gasteiger partial charge is 0.495 e. The van der Waals surface area contributed by atoms with Crippen molar-refractivity contribution in [3.05, 3.63) is 59.8 Å². The predicted octanol–water partition coefficient (Wildman–Crippen LogP) is 3.56. The van der Waals surface area contributed by atoms with E-state index in [2.05, 4.69) is 29.1 Å². The summed E-state index contributed by atoms with van der Waals surface area (Å²) >= 11 is 0. The molecule has 166 valence electrons. The molecule has 32 heavy (non-hydrogen) atoms. The summed E-state index contributed by atoms with van der Waals surface area (Å²) in [6, 6.07) is 15.9. The molecule has 0 saturated carbocycles. The Morgan fingerprint density at radius 2 is 1.94 bits per heavy atom. The lowest BCUT2D eigenvalue weighted by molar-refractivity contribution is -0.130. The SMILES string of the molecule is COc1ccccc1N1CCN(C(=O)Cc2cc(-c3ccc4c(c3)CC(C)O4)on2)CC1. The fraction of sp³-hybridized carbons (Fsp3) is 0.360. The first-order chi connectivity index (χ1) is 15.6. The van der Waals surface area contributed by atoms with Gasteiger partial charge in [-0.3, -0.25) is 4.79 Å². The van der Waals surface area contributed by atoms with Gasteiger partial charge in [-0.05, 0) is 42.8 Å². The molecule has 2 aliphatic rings. The first-order valence-corrected chi connectivity index (χ1v) is 11.0. The van der Waals surface area contributed by atoms with E-state index in [0.717, 1.165) is 42.3 Å². The van der Waals surface area contributed by atoms with E-state index < -0.39 is 0 Å². The van der Waals surface area contributed by atoms with Crippen molar-refractivity contribution < 1.29 is 18.8 Å². The number of para-hydroxylation sites is 2. The number of hydrogen-bond acceptors (Lipinski definition) is 6. The lowest BCUT2D eigenvalue weighted by Crippen LogP contribution is -2.49. The molecule has 0 spiro atoms. The maximum atomic E-state index is 12.9. The molecule has 7 nitrogen and oxygen atoms in total. The van der Waals surface area contributed by atoms with Gasteiger partial charge < -0.3 is 23.8 Å². The highest BCUT2D eigenvalue weighted by Gasteiger charge is 2.24. The summed E-state index contributed by atoms with van der Waals surface area (Å²) in [7, 11) is 1.68. The zero-order valence-corrected chi connectivity index (χ0v) is 18.4. The number of carbonyl (C=O) groups is 1. The number of methoxy groups -OCH3 is 1. The van der Waals surface area contributed by atoms with Crippen LogP contribution in [0.4, 0.5) is 5.69 Å². The van der Waals surface area contributed by atoms with Crippen LogP contribution in [-0.2, 0) is 17.6 Å². The molecule has 3 aromatic rings. The van der Waals surface area contributed by atoms with Crippen LogP contribution in [0.15, 0.2) is 53.1 Å². The second-order valence-electron chi connectivity index (χ2n) is 8.35. The molecule has 1 saturated heterocycles. The number of benzene rings is 2. The third-order valence-electron chi connectivity index (χ3n) is 6.13. The van der Waals surface area contributed by atoms with E-state index in [9.17, 15) is 4.79 Å². The molecule has 0 radical (unpaired) electrons. The van der Waals surface area contributed by atoms with Crippen molar-refractivity contribution in [2.75, 3.05) is 38.2 Å². The molecule has 1 fully saturated rings. The highest BCUT2D eigenvalue weighted by Crippen LogP contribution is 2.33. The molecule has 5 rings (SSSR count). The Morgan fingerprint density at radius 1 is 1.12 bits per heavy atom. The van der Waals surface area contributed by atoms with Crippen molar-refractivity contribution >= 4 is 11.6 Å². The van der Waals surface area contributed by atoms with Gasteiger partial charge in [-0.1, -0.05) is 17.3 Å². The molecule has 1 unspecified atom stereocenters. The van der Waals surface area contributed by atoms with E-state index in [1.807, 2.05) is 41.3 Å². The zero-order valence-electron chi connectivity index (χ0n) is 18.4. The van der Waals surface area contributed by atoms with Crippen LogP contribution in [-0.4, -0.2) is 55.4 Å². The molecule has 0 aliphatic carbocycles. The van der Waals surface area contributed by atoms with Gasteiger partial charge in [-0.25, -0.2) is 0 Å². The molecule has 3 heterocycles. The van der Waals surface area contributed by atoms with Crippen LogP contribution in [0.5, 0.6) is 11.5 Å². The number of hydrogen-bond donors (Lipinski definition) is 0. The summed E-state index contributed by atoms with van der Waals surface area (Å²) < 4.78 is 16.8. The summed E-state index contributed by atoms with van der Waals surface area (Å²) in [5.41, 5.74) is 3.86. The van der Waals surface area contributed by atoms with Crippen molar-refractivity contribution in [2.24, 2.45) is 0 Å². The first kappa shape index (κ1) is 20.4. The van der Waals surface area contributed by atoms with Crippen LogP contribution in [0.2, 0.25) is 0 Å². The van der Waals surface area contributed by atoms with Gasteiger partial charge in [0, 0.05) is 44.2 Å². The van der Waals surface area contributed by atoms with Gasteiger partial charge in [-0.15, -0.1) is 0 Å². The van der Waals surface area contributed by atoms with Crippen LogP contribution in [0.3, 0.4) is 0 Å². The second-order valence-corrected chi connectivity index (χ2v) is 8.35. The van der Waals surface area contributed by atoms with E-state index in [0.29, 0.717) is 24.5 Å². The smallest absolute Gasteiger partial charge is 0.228 e. The Hall–Kier alpha value is -3.48. The molecule has 1 aromatic heterocycles. The first-order valence-electron chi connectivity index (χ1n) is 11.0. The normalized spacial score (nSPS) is 17.8. The molecule has 1 amide bonds. The van der Waals surface area contributed by atoms with Crippen LogP contribution in [0.1, 0.15) is 18.2 Å². The molecule has 2 aliphatic heterocycles. The van der Waals surface area contributed by atoms with Gasteiger partial charge in [0.1, 0.15) is 17.6 Å². The fourth-order valence-corrected chi connectivity index (χ4v) is 4.46. The average Bonchev–Trinajstić information content (AvgIpc) is 3.44. The van der Waals surface area contributed by atoms with Crippen LogP contribution in [0, 0.1) is 0 Å². The summed E-state index contributed by atoms with van der Waals surface area (Å²) in [4.78, 5) is 17.0. The zero-order chi connectivity index (χ0) is 22.1. The number of nitrogens with zero attached hydrogens (tertiary/aromatic N) is 3. The number of carbonyl (C=O) groups excluding carboxylic acids is 1. The van der Waals surface area contributed by atoms with E-state index in [1.165, 1.54) is 5.56 Å². The van der Waals surface area contributed by atoms with Crippen molar-refractivity contribution in [1.29, 1.82) is 0 Å². The third-order valence-corrected chi connectivity index (χ3v) is 6.13. The number of amides is 1. The number of fused-ring (bicyclic) bond motifs is 1. The van der Waals surface area contributed by atoms with Crippen LogP contribution < -0.4 is 14.4 Å². The molecule has 1 atom stereocenters. The molecule has 0 N–H and O–H groups in total. The van der Waals surface area contributed by atoms with Gasteiger partial charge >= 0.3 is 0 Å². The summed E-state index contributed by atoms with van der Waals surface area (Å²) in [5, 5.41) is 4.14. The van der Waals surface area contributed by atoms with Gasteiger partial charge in [0.2, 0.25) is 5.91 Å². The van der Waals surface area contributed by atoms with Crippen molar-refractivity contribution in [3.8, 4) is 22.8 Å². The Morgan fingerprint density at radius 3 is 2.75 bits per heavy atom. The van der Waals surface area contributed by atoms with Gasteiger partial charge in [0.15, 0.2) is 5.76 Å². The van der Waals surface area contributed by atoms with E-state index in [4.69, 9.17) is 14.0 Å². The topological polar surface area (TPSA) is 68.0 Å². The van der Waals surface area contributed by atoms with Gasteiger partial charge in [0.05, 0.1) is 24.9 Å². The maximum Gasteiger partial charge on any atom is 0.228 e. The highest BCUT2D eigenvalue weighted by molar-refractivity contribution is 5.79. The summed E-state index contributed by atoms with van der Waals surface area (Å²) in [6.07, 6.45) is 1.33. The fourth-order valence-electron chi connectivity index (χ4n) is 4.46. The average molecular weight is 434 g/mol. The maximum absolute atomic E-state index is 12.9. The summed E-state index contributed by atoms with van der Waals surface area (Å²) in [5.74, 6) is 2.54. The standard InChI is InChI=1S/C25H27N3O4/c1-17-13-19-14-18(7-8-22(19)31-17)24-15-20(26-32-24)16-25(29)28-11-9-27(10-12-28)21-5-3-4-6-23(21)30-2/h3-8,14-15,17H,9-13,16H2,1-2H3. The minimum Gasteiger partial charge on any atom is -0.495 e. The molecule has 0 bridgehead atoms. The molecular weight excluding hydrogens is 406 g/mol. The van der Waals surface area contributed by atoms with Crippen molar-refractivity contribution in [3.63, 3.8) is 0 Å². The second kappa shape index (κ2) is 8.57. The number of anilines is 1. The summed E-state index contributed by atoms with van der Waals surface area (Å²) in [6.45, 7) is 4.95. The van der Waals surface area contributed by atoms with Crippen molar-refractivity contribution in [2.45, 2.75) is 25.9 Å². The minimum absolute atomic E-state index is 0.0701. The number of piperazine rings is 1.